The molecule has 23 nitrogen and oxygen atoms in total. The highest BCUT2D eigenvalue weighted by Gasteiger charge is 2.72. The highest BCUT2D eigenvalue weighted by Crippen LogP contribution is 2.76. The molecule has 77 heavy (non-hydrogen) atoms. The Labute approximate surface area is 449 Å². The van der Waals surface area contributed by atoms with Gasteiger partial charge in [-0.05, 0) is 96.2 Å². The third kappa shape index (κ3) is 9.90. The SMILES string of the molecule is CC(=O)O[C@@H]1C[C@]2(C)C(=CC[C@@H]3[C@@]4(C)CC[C@H](O[C@@H]5OC[C@H](O[C@@H]6O[C@H](CO)[C@@H](O)[C@H](O)[C@H]6O[C@@H]6OC[C@@H](O)[C@H](O)[C@H]6O)[C@H](O)[C@H]5O[C@@H]5O[C@H](CO)[C@@H](O)[C@H](O)[C@H]5O)C(C)(C)[C@@H]4CC[C@]32C)[C@@H]2CC(C)(C)C[C@H](O)[C@]12CO. The molecule has 0 amide bonds. The van der Waals surface area contributed by atoms with Crippen LogP contribution < -0.4 is 0 Å². The number of allylic oxidation sites excluding steroid dienone is 2. The van der Waals surface area contributed by atoms with Crippen molar-refractivity contribution in [3.63, 3.8) is 0 Å². The Bertz CT molecular complexity index is 2110. The number of aliphatic hydroxyl groups is 13. The van der Waals surface area contributed by atoms with E-state index in [1.807, 2.05) is 0 Å². The van der Waals surface area contributed by atoms with Gasteiger partial charge in [0.15, 0.2) is 25.2 Å². The molecule has 13 N–H and O–H groups in total. The molecule has 9 aliphatic rings. The zero-order valence-corrected chi connectivity index (χ0v) is 45.5. The van der Waals surface area contributed by atoms with Gasteiger partial charge in [0.2, 0.25) is 0 Å². The molecule has 5 aliphatic carbocycles. The maximum absolute atomic E-state index is 12.9. The maximum atomic E-state index is 12.9. The predicted octanol–water partition coefficient (Wildman–Crippen LogP) is -1.77. The van der Waals surface area contributed by atoms with E-state index in [2.05, 4.69) is 54.5 Å². The lowest BCUT2D eigenvalue weighted by molar-refractivity contribution is -0.392. The van der Waals surface area contributed by atoms with Crippen molar-refractivity contribution in [2.24, 2.45) is 50.2 Å². The number of ether oxygens (including phenoxy) is 9. The second-order valence-corrected chi connectivity index (χ2v) is 26.2. The van der Waals surface area contributed by atoms with Crippen LogP contribution in [0, 0.1) is 50.2 Å². The fourth-order valence-electron chi connectivity index (χ4n) is 16.6. The van der Waals surface area contributed by atoms with E-state index in [1.54, 1.807) is 0 Å². The van der Waals surface area contributed by atoms with Crippen molar-refractivity contribution in [1.29, 1.82) is 0 Å². The first-order valence-electron chi connectivity index (χ1n) is 27.7. The van der Waals surface area contributed by atoms with Gasteiger partial charge >= 0.3 is 5.97 Å². The van der Waals surface area contributed by atoms with Gasteiger partial charge in [-0.25, -0.2) is 0 Å². The molecular formula is C54H88O23. The Morgan fingerprint density at radius 1 is 0.610 bits per heavy atom. The summed E-state index contributed by atoms with van der Waals surface area (Å²) in [4.78, 5) is 12.9. The minimum Gasteiger partial charge on any atom is -0.462 e. The maximum Gasteiger partial charge on any atom is 0.302 e. The molecule has 4 saturated heterocycles. The van der Waals surface area contributed by atoms with Crippen LogP contribution in [0.2, 0.25) is 0 Å². The van der Waals surface area contributed by atoms with E-state index < -0.39 is 178 Å². The van der Waals surface area contributed by atoms with Gasteiger partial charge in [0, 0.05) is 6.92 Å². The van der Waals surface area contributed by atoms with Gasteiger partial charge < -0.3 is 109 Å². The Morgan fingerprint density at radius 2 is 1.22 bits per heavy atom. The van der Waals surface area contributed by atoms with Gasteiger partial charge in [-0.2, -0.15) is 0 Å². The van der Waals surface area contributed by atoms with Crippen LogP contribution in [0.15, 0.2) is 11.6 Å². The van der Waals surface area contributed by atoms with Crippen molar-refractivity contribution in [3.8, 4) is 0 Å². The molecule has 23 heteroatoms. The summed E-state index contributed by atoms with van der Waals surface area (Å²) >= 11 is 0. The van der Waals surface area contributed by atoms with Gasteiger partial charge in [-0.1, -0.05) is 60.1 Å². The van der Waals surface area contributed by atoms with Crippen LogP contribution in [-0.4, -0.2) is 234 Å². The lowest BCUT2D eigenvalue weighted by Gasteiger charge is -2.72. The average molecular weight is 1110 g/mol. The number of carbonyl (C=O) groups is 1. The zero-order valence-electron chi connectivity index (χ0n) is 45.5. The van der Waals surface area contributed by atoms with Crippen LogP contribution in [0.25, 0.3) is 0 Å². The van der Waals surface area contributed by atoms with Crippen LogP contribution in [0.5, 0.6) is 0 Å². The predicted molar refractivity (Wildman–Crippen MR) is 263 cm³/mol. The standard InChI is InChI=1S/C54H88O23/c1-23(58)71-34-17-53(8)24(25-15-49(2,3)16-32(60)54(25,34)22-57)9-10-31-51(6)13-12-33(50(4,5)30(51)11-14-52(31,53)7)75-47-43(77-46-42(68)39(65)36(62)27(18-55)72-46)38(64)29(21-70-47)74-48-44(40(66)37(63)28(19-56)73-48)76-45-41(67)35(61)26(59)20-69-45/h9,25-48,55-57,59-68H,10-22H2,1-8H3/t25-,26+,27+,28+,29-,30-,31+,32-,33-,34+,35-,36+,37+,38-,39-,40-,41+,42+,43+,44+,45-,46-,47-,48-,51-,52+,53+,54+/m0/s1. The van der Waals surface area contributed by atoms with E-state index in [1.165, 1.54) is 12.5 Å². The first-order valence-corrected chi connectivity index (χ1v) is 27.7. The lowest BCUT2D eigenvalue weighted by Crippen LogP contribution is -2.69. The van der Waals surface area contributed by atoms with Crippen LogP contribution in [0.3, 0.4) is 0 Å². The fourth-order valence-corrected chi connectivity index (χ4v) is 16.6. The Kier molecular flexibility index (Phi) is 17.0. The molecule has 4 saturated carbocycles. The van der Waals surface area contributed by atoms with Crippen molar-refractivity contribution in [2.75, 3.05) is 33.0 Å². The molecule has 0 bridgehead atoms. The Hall–Kier alpha value is -1.63. The van der Waals surface area contributed by atoms with Gasteiger partial charge in [0.1, 0.15) is 91.6 Å². The minimum absolute atomic E-state index is 0.0669. The van der Waals surface area contributed by atoms with E-state index >= 15 is 0 Å². The lowest BCUT2D eigenvalue weighted by atomic mass is 9.33. The van der Waals surface area contributed by atoms with Crippen LogP contribution in [0.1, 0.15) is 107 Å². The first-order chi connectivity index (χ1) is 36.0. The molecule has 0 aromatic rings. The van der Waals surface area contributed by atoms with Crippen LogP contribution in [0.4, 0.5) is 0 Å². The molecular weight excluding hydrogens is 1020 g/mol. The molecule has 8 fully saturated rings. The number of aliphatic hydroxyl groups excluding tert-OH is 13. The van der Waals surface area contributed by atoms with Crippen molar-refractivity contribution in [3.05, 3.63) is 11.6 Å². The van der Waals surface area contributed by atoms with Crippen molar-refractivity contribution >= 4 is 5.97 Å². The first kappa shape index (κ1) is 60.0. The third-order valence-electron chi connectivity index (χ3n) is 21.1. The summed E-state index contributed by atoms with van der Waals surface area (Å²) in [7, 11) is 0. The monoisotopic (exact) mass is 1100 g/mol. The van der Waals surface area contributed by atoms with E-state index in [0.717, 1.165) is 25.7 Å². The molecule has 4 aliphatic heterocycles. The molecule has 0 spiro atoms. The fraction of sp³-hybridized carbons (Fsp3) is 0.944. The number of fused-ring (bicyclic) bond motifs is 7. The van der Waals surface area contributed by atoms with Crippen molar-refractivity contribution in [1.82, 2.24) is 0 Å². The van der Waals surface area contributed by atoms with Crippen molar-refractivity contribution < 1.29 is 114 Å². The zero-order chi connectivity index (χ0) is 56.3. The number of hydrogen-bond acceptors (Lipinski definition) is 23. The molecule has 442 valence electrons. The number of hydrogen-bond donors (Lipinski definition) is 13. The largest absolute Gasteiger partial charge is 0.462 e. The molecule has 0 aromatic heterocycles. The second-order valence-electron chi connectivity index (χ2n) is 26.2. The summed E-state index contributed by atoms with van der Waals surface area (Å²) in [5.41, 5.74) is -1.62. The van der Waals surface area contributed by atoms with Gasteiger partial charge in [-0.3, -0.25) is 4.79 Å². The number of carbonyl (C=O) groups excluding carboxylic acids is 1. The molecule has 4 heterocycles. The normalized spacial score (nSPS) is 53.4. The summed E-state index contributed by atoms with van der Waals surface area (Å²) in [6, 6.07) is 0. The minimum atomic E-state index is -1.90. The summed E-state index contributed by atoms with van der Waals surface area (Å²) in [6.07, 6.45) is -24.7. The Balaban J connectivity index is 0.984. The summed E-state index contributed by atoms with van der Waals surface area (Å²) in [5, 5.41) is 142. The van der Waals surface area contributed by atoms with E-state index in [-0.39, 0.29) is 40.6 Å². The molecule has 0 unspecified atom stereocenters. The van der Waals surface area contributed by atoms with Gasteiger partial charge in [0.05, 0.1) is 50.7 Å². The number of rotatable bonds is 12. The molecule has 0 radical (unpaired) electrons. The second kappa shape index (κ2) is 21.8. The smallest absolute Gasteiger partial charge is 0.302 e. The van der Waals surface area contributed by atoms with E-state index in [9.17, 15) is 71.2 Å². The van der Waals surface area contributed by atoms with Crippen LogP contribution in [-0.2, 0) is 47.4 Å². The molecule has 9 rings (SSSR count). The highest BCUT2D eigenvalue weighted by molar-refractivity contribution is 5.66. The van der Waals surface area contributed by atoms with Gasteiger partial charge in [-0.15, -0.1) is 0 Å². The van der Waals surface area contributed by atoms with Crippen LogP contribution >= 0.6 is 0 Å². The van der Waals surface area contributed by atoms with E-state index in [0.29, 0.717) is 25.7 Å². The summed E-state index contributed by atoms with van der Waals surface area (Å²) in [6.45, 7) is 14.2. The average Bonchev–Trinajstić information content (AvgIpc) is 3.51. The third-order valence-corrected chi connectivity index (χ3v) is 21.1. The van der Waals surface area contributed by atoms with Gasteiger partial charge in [0.25, 0.3) is 0 Å². The van der Waals surface area contributed by atoms with E-state index in [4.69, 9.17) is 42.6 Å². The summed E-state index contributed by atoms with van der Waals surface area (Å²) in [5.74, 6) is -0.449. The van der Waals surface area contributed by atoms with Crippen molar-refractivity contribution in [2.45, 2.75) is 236 Å². The summed E-state index contributed by atoms with van der Waals surface area (Å²) < 4.78 is 54.9. The molecule has 28 atom stereocenters. The topological polar surface area (TPSA) is 363 Å². The highest BCUT2D eigenvalue weighted by atomic mass is 16.8. The molecule has 0 aromatic carbocycles. The number of esters is 1. The Morgan fingerprint density at radius 3 is 1.87 bits per heavy atom. The quantitative estimate of drug-likeness (QED) is 0.0584.